The van der Waals surface area contributed by atoms with Crippen LogP contribution in [0.15, 0.2) is 182 Å². The zero-order valence-electron chi connectivity index (χ0n) is 37.0. The van der Waals surface area contributed by atoms with Crippen LogP contribution in [0.3, 0.4) is 0 Å². The maximum absolute atomic E-state index is 7.23. The van der Waals surface area contributed by atoms with E-state index in [2.05, 4.69) is 24.3 Å². The van der Waals surface area contributed by atoms with Crippen LogP contribution in [-0.4, -0.2) is 75.6 Å². The highest BCUT2D eigenvalue weighted by Gasteiger charge is 2.51. The summed E-state index contributed by atoms with van der Waals surface area (Å²) in [5.41, 5.74) is 6.19. The molecule has 10 heteroatoms. The van der Waals surface area contributed by atoms with Gasteiger partial charge in [-0.15, -0.1) is 0 Å². The lowest BCUT2D eigenvalue weighted by Gasteiger charge is -2.48. The van der Waals surface area contributed by atoms with Crippen molar-refractivity contribution in [1.29, 1.82) is 0 Å². The Hall–Kier alpha value is -5.08. The summed E-state index contributed by atoms with van der Waals surface area (Å²) in [6, 6.07) is 60.5. The molecule has 0 saturated carbocycles. The first-order valence-electron chi connectivity index (χ1n) is 22.5. The predicted molar refractivity (Wildman–Crippen MR) is 246 cm³/mol. The molecule has 0 spiro atoms. The first-order valence-corrected chi connectivity index (χ1v) is 22.5. The Balaban J connectivity index is 1.10. The first kappa shape index (κ1) is 46.4. The molecule has 2 saturated heterocycles. The number of rotatable bonds is 23. The molecule has 6 aromatic rings. The van der Waals surface area contributed by atoms with E-state index in [0.29, 0.717) is 46.1 Å². The molecule has 0 N–H and O–H groups in total. The highest BCUT2D eigenvalue weighted by atomic mass is 16.7. The maximum Gasteiger partial charge on any atom is 0.186 e. The van der Waals surface area contributed by atoms with E-state index in [1.54, 1.807) is 7.11 Å². The summed E-state index contributed by atoms with van der Waals surface area (Å²) in [7, 11) is 1.62. The molecular formula is C55H60O10. The van der Waals surface area contributed by atoms with Crippen LogP contribution in [0.2, 0.25) is 0 Å². The van der Waals surface area contributed by atoms with E-state index >= 15 is 0 Å². The van der Waals surface area contributed by atoms with Crippen LogP contribution in [0.4, 0.5) is 0 Å². The van der Waals surface area contributed by atoms with Gasteiger partial charge < -0.3 is 47.4 Å². The third-order valence-electron chi connectivity index (χ3n) is 11.6. The molecule has 340 valence electrons. The molecule has 65 heavy (non-hydrogen) atoms. The Morgan fingerprint density at radius 1 is 0.385 bits per heavy atom. The van der Waals surface area contributed by atoms with Gasteiger partial charge in [0.15, 0.2) is 12.6 Å². The molecule has 2 heterocycles. The number of hydrogen-bond acceptors (Lipinski definition) is 10. The van der Waals surface area contributed by atoms with Gasteiger partial charge in [-0.3, -0.25) is 0 Å². The van der Waals surface area contributed by atoms with E-state index in [1.807, 2.05) is 158 Å². The molecule has 6 aromatic carbocycles. The van der Waals surface area contributed by atoms with Crippen molar-refractivity contribution in [1.82, 2.24) is 0 Å². The van der Waals surface area contributed by atoms with Gasteiger partial charge in [0.25, 0.3) is 0 Å². The van der Waals surface area contributed by atoms with Crippen LogP contribution in [0.25, 0.3) is 0 Å². The Morgan fingerprint density at radius 3 is 1.15 bits per heavy atom. The number of benzene rings is 6. The lowest BCUT2D eigenvalue weighted by atomic mass is 9.97. The molecule has 0 amide bonds. The topological polar surface area (TPSA) is 92.3 Å². The van der Waals surface area contributed by atoms with E-state index in [1.165, 1.54) is 0 Å². The van der Waals surface area contributed by atoms with Gasteiger partial charge in [-0.2, -0.15) is 0 Å². The lowest BCUT2D eigenvalue weighted by Crippen LogP contribution is -2.63. The molecule has 5 unspecified atom stereocenters. The van der Waals surface area contributed by atoms with Gasteiger partial charge in [0.2, 0.25) is 0 Å². The average Bonchev–Trinajstić information content (AvgIpc) is 3.36. The minimum atomic E-state index is -0.797. The fraction of sp³-hybridized carbons (Fsp3) is 0.345. The Morgan fingerprint density at radius 2 is 0.738 bits per heavy atom. The Kier molecular flexibility index (Phi) is 17.9. The van der Waals surface area contributed by atoms with Crippen LogP contribution in [0.1, 0.15) is 39.8 Å². The molecule has 2 aliphatic rings. The summed E-state index contributed by atoms with van der Waals surface area (Å²) in [6.45, 7) is 2.53. The molecule has 0 aromatic heterocycles. The smallest absolute Gasteiger partial charge is 0.186 e. The molecular weight excluding hydrogens is 821 g/mol. The van der Waals surface area contributed by atoms with Gasteiger partial charge in [-0.1, -0.05) is 182 Å². The van der Waals surface area contributed by atoms with Crippen LogP contribution in [-0.2, 0) is 87.0 Å². The van der Waals surface area contributed by atoms with E-state index in [9.17, 15) is 0 Å². The quantitative estimate of drug-likeness (QED) is 0.0620. The van der Waals surface area contributed by atoms with E-state index in [4.69, 9.17) is 47.4 Å². The molecule has 9 atom stereocenters. The summed E-state index contributed by atoms with van der Waals surface area (Å²) in [5, 5.41) is 0. The molecule has 2 aliphatic heterocycles. The summed E-state index contributed by atoms with van der Waals surface area (Å²) < 4.78 is 67.1. The largest absolute Gasteiger partial charge is 0.374 e. The SMILES string of the molecule is CO[C@H]1OC(COCc2ccccc2)[C@H](O[C@H]2CC(OCc3ccccc3)[C@H](OCc3ccccc3)C(COCc3ccccc3)O2)C(OCc2ccccc2)C1OCc1ccccc1. The maximum atomic E-state index is 7.23. The monoisotopic (exact) mass is 880 g/mol. The second-order valence-electron chi connectivity index (χ2n) is 16.3. The number of ether oxygens (including phenoxy) is 10. The second kappa shape index (κ2) is 25.0. The van der Waals surface area contributed by atoms with Gasteiger partial charge in [-0.25, -0.2) is 0 Å². The van der Waals surface area contributed by atoms with Crippen LogP contribution in [0.5, 0.6) is 0 Å². The molecule has 0 bridgehead atoms. The van der Waals surface area contributed by atoms with Crippen molar-refractivity contribution in [3.05, 3.63) is 215 Å². The zero-order valence-corrected chi connectivity index (χ0v) is 37.0. The second-order valence-corrected chi connectivity index (χ2v) is 16.3. The molecule has 10 nitrogen and oxygen atoms in total. The summed E-state index contributed by atoms with van der Waals surface area (Å²) in [6.07, 6.45) is -5.51. The minimum Gasteiger partial charge on any atom is -0.374 e. The number of methoxy groups -OCH3 is 1. The first-order chi connectivity index (χ1) is 32.2. The zero-order chi connectivity index (χ0) is 44.3. The van der Waals surface area contributed by atoms with Crippen LogP contribution >= 0.6 is 0 Å². The normalized spacial score (nSPS) is 24.4. The fourth-order valence-electron chi connectivity index (χ4n) is 8.21. The van der Waals surface area contributed by atoms with E-state index < -0.39 is 55.3 Å². The van der Waals surface area contributed by atoms with Gasteiger partial charge in [0, 0.05) is 13.5 Å². The van der Waals surface area contributed by atoms with Crippen molar-refractivity contribution in [2.45, 2.75) is 101 Å². The van der Waals surface area contributed by atoms with E-state index in [-0.39, 0.29) is 13.2 Å². The van der Waals surface area contributed by atoms with Crippen molar-refractivity contribution < 1.29 is 47.4 Å². The Bertz CT molecular complexity index is 2190. The highest BCUT2D eigenvalue weighted by Crippen LogP contribution is 2.35. The van der Waals surface area contributed by atoms with Gasteiger partial charge in [-0.05, 0) is 33.4 Å². The van der Waals surface area contributed by atoms with Crippen molar-refractivity contribution in [2.24, 2.45) is 0 Å². The summed E-state index contributed by atoms with van der Waals surface area (Å²) in [4.78, 5) is 0. The Labute approximate surface area is 383 Å². The third-order valence-corrected chi connectivity index (χ3v) is 11.6. The number of hydrogen-bond donors (Lipinski definition) is 0. The molecule has 2 fully saturated rings. The minimum absolute atomic E-state index is 0.184. The van der Waals surface area contributed by atoms with Crippen molar-refractivity contribution in [2.75, 3.05) is 20.3 Å². The standard InChI is InChI=1S/C55H60O10/c1-56-55-54(62-38-46-30-18-7-19-31-46)53(61-37-45-28-16-6-17-29-45)52(49(64-55)40-58-34-42-22-10-3-11-23-42)65-50-32-47(59-35-43-24-12-4-13-25-43)51(60-36-44-26-14-5-15-27-44)48(63-50)39-57-33-41-20-8-2-9-21-41/h2-31,47-55H,32-40H2,1H3/t47?,48?,49?,50-,51-,52-,53?,54?,55-/m0/s1. The van der Waals surface area contributed by atoms with Crippen LogP contribution in [0, 0.1) is 0 Å². The average molecular weight is 881 g/mol. The predicted octanol–water partition coefficient (Wildman–Crippen LogP) is 9.63. The van der Waals surface area contributed by atoms with Gasteiger partial charge in [0.05, 0.1) is 59.0 Å². The molecule has 0 radical (unpaired) electrons. The van der Waals surface area contributed by atoms with Crippen LogP contribution < -0.4 is 0 Å². The van der Waals surface area contributed by atoms with Crippen molar-refractivity contribution in [3.63, 3.8) is 0 Å². The third kappa shape index (κ3) is 14.0. The molecule has 8 rings (SSSR count). The van der Waals surface area contributed by atoms with E-state index in [0.717, 1.165) is 33.4 Å². The molecule has 0 aliphatic carbocycles. The van der Waals surface area contributed by atoms with Crippen molar-refractivity contribution in [3.8, 4) is 0 Å². The van der Waals surface area contributed by atoms with Gasteiger partial charge >= 0.3 is 0 Å². The fourth-order valence-corrected chi connectivity index (χ4v) is 8.21. The summed E-state index contributed by atoms with van der Waals surface area (Å²) >= 11 is 0. The van der Waals surface area contributed by atoms with Crippen molar-refractivity contribution >= 4 is 0 Å². The summed E-state index contributed by atoms with van der Waals surface area (Å²) in [5.74, 6) is 0. The highest BCUT2D eigenvalue weighted by molar-refractivity contribution is 5.18. The lowest BCUT2D eigenvalue weighted by molar-refractivity contribution is -0.355. The van der Waals surface area contributed by atoms with Gasteiger partial charge in [0.1, 0.15) is 36.6 Å².